The van der Waals surface area contributed by atoms with Gasteiger partial charge in [-0.3, -0.25) is 0 Å². The van der Waals surface area contributed by atoms with E-state index in [1.807, 2.05) is 45.0 Å². The lowest BCUT2D eigenvalue weighted by Gasteiger charge is -2.23. The number of benzene rings is 1. The molecule has 22 heavy (non-hydrogen) atoms. The molecule has 1 heterocycles. The number of H-pyrrole nitrogens is 1. The topological polar surface area (TPSA) is 71.2 Å². The molecular formula is C16H22N2O3S. The zero-order valence-electron chi connectivity index (χ0n) is 13.3. The summed E-state index contributed by atoms with van der Waals surface area (Å²) in [5.41, 5.74) is 1.67. The Morgan fingerprint density at radius 2 is 2.05 bits per heavy atom. The Balaban J connectivity index is 2.40. The second-order valence-electron chi connectivity index (χ2n) is 5.97. The van der Waals surface area contributed by atoms with E-state index in [4.69, 9.17) is 4.74 Å². The van der Waals surface area contributed by atoms with Crippen LogP contribution in [0.1, 0.15) is 39.3 Å². The van der Waals surface area contributed by atoms with E-state index in [2.05, 4.69) is 9.71 Å². The molecule has 5 nitrogen and oxygen atoms in total. The van der Waals surface area contributed by atoms with Crippen LogP contribution in [0, 0.1) is 0 Å². The Bertz CT molecular complexity index is 688. The molecule has 1 aromatic heterocycles. The first kappa shape index (κ1) is 16.7. The molecule has 2 atom stereocenters. The summed E-state index contributed by atoms with van der Waals surface area (Å²) in [7, 11) is -1.38. The molecule has 6 heteroatoms. The number of rotatable bonds is 5. The fraction of sp³-hybridized carbons (Fsp3) is 0.438. The van der Waals surface area contributed by atoms with Crippen molar-refractivity contribution >= 4 is 27.9 Å². The Morgan fingerprint density at radius 3 is 2.68 bits per heavy atom. The minimum atomic E-state index is -1.38. The number of carbonyl (C=O) groups is 1. The van der Waals surface area contributed by atoms with Gasteiger partial charge in [0, 0.05) is 22.7 Å². The summed E-state index contributed by atoms with van der Waals surface area (Å²) in [6.07, 6.45) is 1.76. The summed E-state index contributed by atoms with van der Waals surface area (Å²) in [5.74, 6) is -0.426. The van der Waals surface area contributed by atoms with Gasteiger partial charge >= 0.3 is 5.97 Å². The van der Waals surface area contributed by atoms with Gasteiger partial charge in [0.05, 0.1) is 22.3 Å². The summed E-state index contributed by atoms with van der Waals surface area (Å²) in [6.45, 7) is 7.60. The van der Waals surface area contributed by atoms with Gasteiger partial charge in [-0.15, -0.1) is 0 Å². The smallest absolute Gasteiger partial charge is 0.328 e. The molecule has 0 aliphatic heterocycles. The van der Waals surface area contributed by atoms with Gasteiger partial charge in [-0.05, 0) is 33.8 Å². The monoisotopic (exact) mass is 322 g/mol. The Labute approximate surface area is 133 Å². The summed E-state index contributed by atoms with van der Waals surface area (Å²) >= 11 is 0. The maximum atomic E-state index is 12.4. The van der Waals surface area contributed by atoms with E-state index < -0.39 is 27.7 Å². The fourth-order valence-corrected chi connectivity index (χ4v) is 2.87. The van der Waals surface area contributed by atoms with Crippen molar-refractivity contribution in [3.63, 3.8) is 0 Å². The predicted molar refractivity (Wildman–Crippen MR) is 88.7 cm³/mol. The predicted octanol–water partition coefficient (Wildman–Crippen LogP) is 2.82. The first-order valence-electron chi connectivity index (χ1n) is 7.25. The number of fused-ring (bicyclic) bond motifs is 1. The number of para-hydroxylation sites is 1. The highest BCUT2D eigenvalue weighted by Gasteiger charge is 2.30. The molecular weight excluding hydrogens is 300 g/mol. The molecule has 0 saturated heterocycles. The molecule has 2 rings (SSSR count). The first-order valence-corrected chi connectivity index (χ1v) is 8.40. The standard InChI is InChI=1S/C16H22N2O3S/c1-5-21-15(19)14(18-22(20)16(2,3)4)12-10-17-13-9-7-6-8-11(12)13/h6-10,14,17-18H,5H2,1-4H3/t14-,22?/m0/s1. The lowest BCUT2D eigenvalue weighted by Crippen LogP contribution is -2.39. The third-order valence-corrected chi connectivity index (χ3v) is 4.80. The van der Waals surface area contributed by atoms with E-state index in [-0.39, 0.29) is 6.61 Å². The van der Waals surface area contributed by atoms with Gasteiger partial charge in [0.2, 0.25) is 0 Å². The highest BCUT2D eigenvalue weighted by Crippen LogP contribution is 2.26. The van der Waals surface area contributed by atoms with Crippen LogP contribution >= 0.6 is 0 Å². The quantitative estimate of drug-likeness (QED) is 0.832. The Kier molecular flexibility index (Phi) is 5.03. The number of nitrogens with one attached hydrogen (secondary N) is 2. The van der Waals surface area contributed by atoms with Gasteiger partial charge in [0.15, 0.2) is 0 Å². The third kappa shape index (κ3) is 3.56. The molecule has 0 bridgehead atoms. The number of ether oxygens (including phenoxy) is 1. The second-order valence-corrected chi connectivity index (χ2v) is 7.97. The van der Waals surface area contributed by atoms with E-state index in [0.29, 0.717) is 0 Å². The summed E-state index contributed by atoms with van der Waals surface area (Å²) < 4.78 is 20.0. The number of esters is 1. The SMILES string of the molecule is CCOC(=O)[C@@H](NS(=O)C(C)(C)C)c1c[nH]c2ccccc12. The minimum absolute atomic E-state index is 0.279. The lowest BCUT2D eigenvalue weighted by molar-refractivity contribution is -0.145. The van der Waals surface area contributed by atoms with E-state index in [0.717, 1.165) is 16.5 Å². The highest BCUT2D eigenvalue weighted by molar-refractivity contribution is 7.84. The Hall–Kier alpha value is -1.66. The number of carbonyl (C=O) groups excluding carboxylic acids is 1. The minimum Gasteiger partial charge on any atom is -0.465 e. The molecule has 1 aromatic carbocycles. The van der Waals surface area contributed by atoms with E-state index >= 15 is 0 Å². The average molecular weight is 322 g/mol. The molecule has 0 spiro atoms. The van der Waals surface area contributed by atoms with Crippen LogP contribution in [-0.2, 0) is 20.5 Å². The van der Waals surface area contributed by atoms with Crippen LogP contribution in [0.15, 0.2) is 30.5 Å². The zero-order chi connectivity index (χ0) is 16.3. The summed E-state index contributed by atoms with van der Waals surface area (Å²) in [5, 5.41) is 0.916. The van der Waals surface area contributed by atoms with E-state index in [9.17, 15) is 9.00 Å². The fourth-order valence-electron chi connectivity index (χ4n) is 2.08. The van der Waals surface area contributed by atoms with Crippen molar-refractivity contribution in [2.75, 3.05) is 6.61 Å². The second kappa shape index (κ2) is 6.62. The van der Waals surface area contributed by atoms with Crippen LogP contribution in [0.2, 0.25) is 0 Å². The van der Waals surface area contributed by atoms with Crippen LogP contribution in [0.4, 0.5) is 0 Å². The first-order chi connectivity index (χ1) is 10.3. The Morgan fingerprint density at radius 1 is 1.36 bits per heavy atom. The van der Waals surface area contributed by atoms with Gasteiger partial charge in [0.1, 0.15) is 6.04 Å². The lowest BCUT2D eigenvalue weighted by atomic mass is 10.1. The largest absolute Gasteiger partial charge is 0.465 e. The van der Waals surface area contributed by atoms with Gasteiger partial charge in [-0.1, -0.05) is 18.2 Å². The number of hydrogen-bond acceptors (Lipinski definition) is 3. The van der Waals surface area contributed by atoms with Crippen molar-refractivity contribution < 1.29 is 13.7 Å². The molecule has 0 saturated carbocycles. The third-order valence-electron chi connectivity index (χ3n) is 3.24. The molecule has 0 amide bonds. The summed E-state index contributed by atoms with van der Waals surface area (Å²) in [4.78, 5) is 15.4. The van der Waals surface area contributed by atoms with Gasteiger partial charge in [0.25, 0.3) is 0 Å². The molecule has 1 unspecified atom stereocenters. The number of hydrogen-bond donors (Lipinski definition) is 2. The van der Waals surface area contributed by atoms with Crippen molar-refractivity contribution in [3.8, 4) is 0 Å². The maximum Gasteiger partial charge on any atom is 0.328 e. The van der Waals surface area contributed by atoms with Crippen LogP contribution < -0.4 is 4.72 Å². The van der Waals surface area contributed by atoms with Crippen molar-refractivity contribution in [2.24, 2.45) is 0 Å². The van der Waals surface area contributed by atoms with Crippen molar-refractivity contribution in [1.82, 2.24) is 9.71 Å². The van der Waals surface area contributed by atoms with Crippen LogP contribution in [0.5, 0.6) is 0 Å². The molecule has 0 aliphatic rings. The van der Waals surface area contributed by atoms with Gasteiger partial charge in [-0.25, -0.2) is 13.7 Å². The summed E-state index contributed by atoms with van der Waals surface area (Å²) in [6, 6.07) is 6.92. The normalized spacial score (nSPS) is 14.7. The molecule has 0 radical (unpaired) electrons. The molecule has 2 N–H and O–H groups in total. The molecule has 0 aliphatic carbocycles. The maximum absolute atomic E-state index is 12.4. The zero-order valence-corrected chi connectivity index (χ0v) is 14.1. The van der Waals surface area contributed by atoms with Crippen molar-refractivity contribution in [1.29, 1.82) is 0 Å². The molecule has 2 aromatic rings. The van der Waals surface area contributed by atoms with Gasteiger partial charge in [-0.2, -0.15) is 0 Å². The van der Waals surface area contributed by atoms with Gasteiger partial charge < -0.3 is 9.72 Å². The van der Waals surface area contributed by atoms with Crippen molar-refractivity contribution in [3.05, 3.63) is 36.0 Å². The van der Waals surface area contributed by atoms with Crippen molar-refractivity contribution in [2.45, 2.75) is 38.5 Å². The van der Waals surface area contributed by atoms with E-state index in [1.165, 1.54) is 0 Å². The van der Waals surface area contributed by atoms with Crippen LogP contribution in [-0.4, -0.2) is 26.5 Å². The van der Waals surface area contributed by atoms with Crippen LogP contribution in [0.25, 0.3) is 10.9 Å². The highest BCUT2D eigenvalue weighted by atomic mass is 32.2. The average Bonchev–Trinajstić information content (AvgIpc) is 2.87. The molecule has 0 fully saturated rings. The number of aromatic nitrogens is 1. The number of aromatic amines is 1. The van der Waals surface area contributed by atoms with E-state index in [1.54, 1.807) is 13.1 Å². The molecule has 120 valence electrons. The van der Waals surface area contributed by atoms with Crippen LogP contribution in [0.3, 0.4) is 0 Å².